The Morgan fingerprint density at radius 1 is 0.843 bits per heavy atom. The van der Waals surface area contributed by atoms with Gasteiger partial charge in [-0.25, -0.2) is 0 Å². The van der Waals surface area contributed by atoms with Crippen LogP contribution in [0.1, 0.15) is 95.3 Å². The van der Waals surface area contributed by atoms with E-state index in [1.54, 1.807) is 6.07 Å². The summed E-state index contributed by atoms with van der Waals surface area (Å²) in [5.74, 6) is 1.53. The average molecular weight is 692 g/mol. The summed E-state index contributed by atoms with van der Waals surface area (Å²) < 4.78 is 5.34. The molecule has 4 aromatic rings. The number of ether oxygens (including phenoxy) is 1. The Bertz CT molecular complexity index is 1960. The van der Waals surface area contributed by atoms with Crippen molar-refractivity contribution in [3.05, 3.63) is 60.2 Å². The number of aliphatic hydroxyl groups is 2. The number of amides is 1. The van der Waals surface area contributed by atoms with Gasteiger partial charge in [0, 0.05) is 12.0 Å². The lowest BCUT2D eigenvalue weighted by Gasteiger charge is -2.62. The van der Waals surface area contributed by atoms with Gasteiger partial charge in [0.05, 0.1) is 12.2 Å². The molecule has 10 atom stereocenters. The summed E-state index contributed by atoms with van der Waals surface area (Å²) >= 11 is 0. The van der Waals surface area contributed by atoms with E-state index in [4.69, 9.17) is 4.74 Å². The van der Waals surface area contributed by atoms with Crippen LogP contribution in [-0.2, 0) is 14.3 Å². The third kappa shape index (κ3) is 5.83. The highest BCUT2D eigenvalue weighted by Crippen LogP contribution is 2.68. The van der Waals surface area contributed by atoms with E-state index in [1.807, 2.05) is 24.3 Å². The minimum atomic E-state index is -0.625. The molecule has 0 bridgehead atoms. The molecule has 51 heavy (non-hydrogen) atoms. The zero-order chi connectivity index (χ0) is 35.7. The molecule has 4 aliphatic carbocycles. The van der Waals surface area contributed by atoms with Crippen molar-refractivity contribution in [1.82, 2.24) is 5.32 Å². The highest BCUT2D eigenvalue weighted by Gasteiger charge is 2.62. The first-order chi connectivity index (χ1) is 24.5. The second kappa shape index (κ2) is 13.1. The van der Waals surface area contributed by atoms with Crippen LogP contribution in [0.5, 0.6) is 0 Å². The van der Waals surface area contributed by atoms with Crippen molar-refractivity contribution >= 4 is 50.0 Å². The van der Waals surface area contributed by atoms with E-state index in [0.29, 0.717) is 47.5 Å². The van der Waals surface area contributed by atoms with Crippen LogP contribution in [0.3, 0.4) is 0 Å². The number of carbonyl (C=O) groups is 3. The monoisotopic (exact) mass is 691 g/mol. The largest absolute Gasteiger partial charge is 0.456 e. The van der Waals surface area contributed by atoms with Crippen LogP contribution < -0.4 is 5.32 Å². The summed E-state index contributed by atoms with van der Waals surface area (Å²) in [5, 5.41) is 31.0. The molecule has 0 radical (unpaired) electrons. The van der Waals surface area contributed by atoms with Crippen molar-refractivity contribution in [3.8, 4) is 0 Å². The Morgan fingerprint density at radius 2 is 1.53 bits per heavy atom. The lowest BCUT2D eigenvalue weighted by molar-refractivity contribution is -0.174. The lowest BCUT2D eigenvalue weighted by Crippen LogP contribution is -2.58. The first-order valence-corrected chi connectivity index (χ1v) is 19.5. The number of nitrogens with one attached hydrogen (secondary N) is 1. The van der Waals surface area contributed by atoms with Gasteiger partial charge in [-0.15, -0.1) is 0 Å². The van der Waals surface area contributed by atoms with Crippen LogP contribution in [0.15, 0.2) is 54.6 Å². The fraction of sp³-hybridized carbons (Fsp3) is 0.568. The average Bonchev–Trinajstić information content (AvgIpc) is 3.48. The van der Waals surface area contributed by atoms with Gasteiger partial charge >= 0.3 is 5.97 Å². The van der Waals surface area contributed by atoms with Crippen molar-refractivity contribution in [3.63, 3.8) is 0 Å². The summed E-state index contributed by atoms with van der Waals surface area (Å²) in [4.78, 5) is 38.8. The van der Waals surface area contributed by atoms with E-state index < -0.39 is 5.97 Å². The summed E-state index contributed by atoms with van der Waals surface area (Å²) in [7, 11) is 0. The number of hydrogen-bond donors (Lipinski definition) is 3. The van der Waals surface area contributed by atoms with Gasteiger partial charge in [0.2, 0.25) is 11.7 Å². The number of Topliss-reactive ketones (excluding diaryl/α,β-unsaturated/α-hetero) is 1. The van der Waals surface area contributed by atoms with Gasteiger partial charge in [0.1, 0.15) is 6.54 Å². The zero-order valence-electron chi connectivity index (χ0n) is 30.3. The van der Waals surface area contributed by atoms with Crippen molar-refractivity contribution in [2.24, 2.45) is 46.3 Å². The summed E-state index contributed by atoms with van der Waals surface area (Å²) in [6, 6.07) is 18.1. The van der Waals surface area contributed by atoms with Gasteiger partial charge in [-0.05, 0) is 136 Å². The van der Waals surface area contributed by atoms with E-state index in [0.717, 1.165) is 90.1 Å². The predicted molar refractivity (Wildman–Crippen MR) is 199 cm³/mol. The first kappa shape index (κ1) is 34.5. The minimum Gasteiger partial charge on any atom is -0.456 e. The Balaban J connectivity index is 0.829. The highest BCUT2D eigenvalue weighted by atomic mass is 16.5. The van der Waals surface area contributed by atoms with Gasteiger partial charge in [0.15, 0.2) is 6.61 Å². The molecular formula is C44H53NO6. The quantitative estimate of drug-likeness (QED) is 0.0937. The van der Waals surface area contributed by atoms with Crippen molar-refractivity contribution in [1.29, 1.82) is 0 Å². The van der Waals surface area contributed by atoms with Crippen LogP contribution in [0.4, 0.5) is 0 Å². The zero-order valence-corrected chi connectivity index (χ0v) is 30.3. The molecule has 0 aromatic heterocycles. The number of rotatable bonds is 9. The normalized spacial score (nSPS) is 33.8. The fourth-order valence-electron chi connectivity index (χ4n) is 12.2. The van der Waals surface area contributed by atoms with Gasteiger partial charge in [-0.1, -0.05) is 75.4 Å². The van der Waals surface area contributed by atoms with Gasteiger partial charge in [-0.3, -0.25) is 14.4 Å². The van der Waals surface area contributed by atoms with Crippen LogP contribution in [0.2, 0.25) is 0 Å². The predicted octanol–water partition coefficient (Wildman–Crippen LogP) is 7.83. The Kier molecular flexibility index (Phi) is 8.90. The number of fused-ring (bicyclic) bond motifs is 5. The molecule has 7 nitrogen and oxygen atoms in total. The lowest BCUT2D eigenvalue weighted by atomic mass is 9.43. The molecule has 0 saturated heterocycles. The third-order valence-corrected chi connectivity index (χ3v) is 14.9. The highest BCUT2D eigenvalue weighted by molar-refractivity contribution is 6.26. The number of ketones is 1. The third-order valence-electron chi connectivity index (χ3n) is 14.9. The molecule has 8 rings (SSSR count). The Labute approximate surface area is 300 Å². The van der Waals surface area contributed by atoms with Crippen LogP contribution in [-0.4, -0.2) is 53.2 Å². The number of carbonyl (C=O) groups excluding carboxylic acids is 3. The number of aliphatic hydroxyl groups excluding tert-OH is 2. The molecular weight excluding hydrogens is 638 g/mol. The molecule has 4 aromatic carbocycles. The molecule has 0 spiro atoms. The maximum Gasteiger partial charge on any atom is 0.325 e. The van der Waals surface area contributed by atoms with Gasteiger partial charge in [0.25, 0.3) is 0 Å². The smallest absolute Gasteiger partial charge is 0.325 e. The van der Waals surface area contributed by atoms with E-state index >= 15 is 0 Å². The molecule has 4 aliphatic rings. The maximum atomic E-state index is 13.3. The van der Waals surface area contributed by atoms with Crippen molar-refractivity contribution in [2.45, 2.75) is 97.2 Å². The summed E-state index contributed by atoms with van der Waals surface area (Å²) in [5.41, 5.74) is 0.887. The molecule has 1 amide bonds. The Morgan fingerprint density at radius 3 is 2.31 bits per heavy atom. The van der Waals surface area contributed by atoms with Crippen LogP contribution in [0.25, 0.3) is 32.3 Å². The molecule has 0 unspecified atom stereocenters. The number of esters is 1. The molecule has 4 fully saturated rings. The fourth-order valence-corrected chi connectivity index (χ4v) is 12.2. The second-order valence-electron chi connectivity index (χ2n) is 17.3. The van der Waals surface area contributed by atoms with E-state index in [-0.39, 0.29) is 47.9 Å². The minimum absolute atomic E-state index is 0.153. The van der Waals surface area contributed by atoms with E-state index in [2.05, 4.69) is 50.4 Å². The molecule has 0 heterocycles. The van der Waals surface area contributed by atoms with Crippen molar-refractivity contribution in [2.75, 3.05) is 13.2 Å². The number of benzene rings is 4. The molecule has 270 valence electrons. The van der Waals surface area contributed by atoms with E-state index in [1.165, 1.54) is 0 Å². The van der Waals surface area contributed by atoms with Crippen LogP contribution >= 0.6 is 0 Å². The molecule has 0 aliphatic heterocycles. The number of hydrogen-bond acceptors (Lipinski definition) is 6. The summed E-state index contributed by atoms with van der Waals surface area (Å²) in [6.45, 7) is 6.53. The maximum absolute atomic E-state index is 13.3. The second-order valence-corrected chi connectivity index (χ2v) is 17.3. The molecule has 7 heteroatoms. The van der Waals surface area contributed by atoms with E-state index in [9.17, 15) is 24.6 Å². The standard InChI is InChI=1S/C44H53NO6/c1-25(33-14-15-34-42-35(18-20-44(33,34)3)43(2)19-17-30(46)21-29(43)22-36(42)47)7-16-38(49)45-23-39(50)51-24-37(48)31-12-10-28-9-8-26-5-4-6-27-11-13-32(31)41(28)40(26)27/h4-6,8-13,25,29-30,33-36,42,46-47H,7,14-24H2,1-3H3,(H,45,49)/t25-,29+,30-,33-,34+,35+,36+,42+,43+,44-/m1/s1. The van der Waals surface area contributed by atoms with Crippen molar-refractivity contribution < 1.29 is 29.3 Å². The molecule has 3 N–H and O–H groups in total. The topological polar surface area (TPSA) is 113 Å². The SMILES string of the molecule is C[C@H](CCC(=O)NCC(=O)OCC(=O)c1ccc2ccc3cccc4ccc1c2c34)[C@H]1CC[C@H]2[C@@H]3[C@@H](O)C[C@@H]4C[C@H](O)CC[C@]4(C)[C@H]3CC[C@]12C. The molecule has 4 saturated carbocycles. The first-order valence-electron chi connectivity index (χ1n) is 19.5. The Hall–Kier alpha value is -3.55. The summed E-state index contributed by atoms with van der Waals surface area (Å²) in [6.07, 6.45) is 8.74. The van der Waals surface area contributed by atoms with Gasteiger partial charge < -0.3 is 20.3 Å². The van der Waals surface area contributed by atoms with Crippen LogP contribution in [0, 0.1) is 46.3 Å². The van der Waals surface area contributed by atoms with Gasteiger partial charge in [-0.2, -0.15) is 0 Å².